The second-order valence-corrected chi connectivity index (χ2v) is 13.4. The Morgan fingerprint density at radius 2 is 1.56 bits per heavy atom. The lowest BCUT2D eigenvalue weighted by molar-refractivity contribution is -0.137. The summed E-state index contributed by atoms with van der Waals surface area (Å²) in [7, 11) is -2.77. The minimum atomic E-state index is -3.99. The van der Waals surface area contributed by atoms with Gasteiger partial charge in [0, 0.05) is 34.1 Å². The van der Waals surface area contributed by atoms with E-state index in [1.807, 2.05) is 38.1 Å². The van der Waals surface area contributed by atoms with Crippen LogP contribution in [0.25, 0.3) is 6.08 Å². The van der Waals surface area contributed by atoms with E-state index in [-0.39, 0.29) is 29.3 Å². The van der Waals surface area contributed by atoms with Crippen LogP contribution < -0.4 is 4.90 Å². The van der Waals surface area contributed by atoms with Crippen LogP contribution in [-0.2, 0) is 37.4 Å². The van der Waals surface area contributed by atoms with Gasteiger partial charge in [-0.05, 0) is 74.9 Å². The molecule has 1 aliphatic rings. The van der Waals surface area contributed by atoms with Crippen LogP contribution in [0.5, 0.6) is 0 Å². The number of hydrogen-bond acceptors (Lipinski definition) is 7. The number of aryl methyl sites for hydroxylation is 2. The number of furan rings is 1. The van der Waals surface area contributed by atoms with Gasteiger partial charge < -0.3 is 14.1 Å². The second kappa shape index (κ2) is 13.1. The molecule has 0 N–H and O–H groups in total. The topological polar surface area (TPSA) is 97.1 Å². The van der Waals surface area contributed by atoms with E-state index in [9.17, 15) is 18.0 Å². The number of sulfonamides is 1. The molecular formula is C34H30Cl2N2O6S. The van der Waals surface area contributed by atoms with E-state index in [1.165, 1.54) is 17.5 Å². The van der Waals surface area contributed by atoms with Gasteiger partial charge in [-0.3, -0.25) is 4.79 Å². The van der Waals surface area contributed by atoms with E-state index < -0.39 is 21.8 Å². The average Bonchev–Trinajstić information content (AvgIpc) is 3.55. The summed E-state index contributed by atoms with van der Waals surface area (Å²) in [4.78, 5) is 27.9. The zero-order valence-corrected chi connectivity index (χ0v) is 27.3. The molecule has 45 heavy (non-hydrogen) atoms. The fourth-order valence-corrected chi connectivity index (χ4v) is 6.83. The van der Waals surface area contributed by atoms with Gasteiger partial charge in [0.1, 0.15) is 17.1 Å². The number of carbonyl (C=O) groups excluding carboxylic acids is 2. The van der Waals surface area contributed by atoms with E-state index in [2.05, 4.69) is 0 Å². The number of methoxy groups -OCH3 is 1. The van der Waals surface area contributed by atoms with Crippen LogP contribution in [0.4, 0.5) is 5.69 Å². The molecule has 2 heterocycles. The Morgan fingerprint density at radius 1 is 0.911 bits per heavy atom. The highest BCUT2D eigenvalue weighted by molar-refractivity contribution is 7.89. The molecule has 0 saturated heterocycles. The summed E-state index contributed by atoms with van der Waals surface area (Å²) in [6.07, 6.45) is 1.53. The number of hydrogen-bond donors (Lipinski definition) is 0. The van der Waals surface area contributed by atoms with Crippen molar-refractivity contribution in [2.24, 2.45) is 0 Å². The van der Waals surface area contributed by atoms with Crippen molar-refractivity contribution in [1.82, 2.24) is 4.31 Å². The summed E-state index contributed by atoms with van der Waals surface area (Å²) in [5, 5.41) is 0.762. The summed E-state index contributed by atoms with van der Waals surface area (Å²) >= 11 is 12.5. The van der Waals surface area contributed by atoms with E-state index in [0.29, 0.717) is 38.5 Å². The fraction of sp³-hybridized carbons (Fsp3) is 0.176. The lowest BCUT2D eigenvalue weighted by Gasteiger charge is -2.22. The number of carbonyl (C=O) groups is 2. The monoisotopic (exact) mass is 664 g/mol. The predicted octanol–water partition coefficient (Wildman–Crippen LogP) is 7.47. The summed E-state index contributed by atoms with van der Waals surface area (Å²) in [5.74, 6) is -0.635. The molecule has 8 nitrogen and oxygen atoms in total. The first-order valence-corrected chi connectivity index (χ1v) is 16.1. The average molecular weight is 666 g/mol. The van der Waals surface area contributed by atoms with Crippen LogP contribution >= 0.6 is 23.2 Å². The van der Waals surface area contributed by atoms with Gasteiger partial charge in [0.05, 0.1) is 24.2 Å². The maximum absolute atomic E-state index is 13.8. The molecule has 1 aromatic heterocycles. The Kier molecular flexibility index (Phi) is 9.36. The Hall–Kier alpha value is -4.15. The number of Topliss-reactive ketones (excluding diaryl/α,β-unsaturated/α-hetero) is 1. The molecule has 0 atom stereocenters. The van der Waals surface area contributed by atoms with Crippen molar-refractivity contribution in [2.45, 2.75) is 38.8 Å². The fourth-order valence-electron chi connectivity index (χ4n) is 4.98. The minimum absolute atomic E-state index is 0.0470. The van der Waals surface area contributed by atoms with Crippen molar-refractivity contribution in [3.05, 3.63) is 134 Å². The Morgan fingerprint density at radius 3 is 2.18 bits per heavy atom. The summed E-state index contributed by atoms with van der Waals surface area (Å²) in [6, 6.07) is 22.2. The quantitative estimate of drug-likeness (QED) is 0.104. The second-order valence-electron chi connectivity index (χ2n) is 10.6. The molecule has 0 unspecified atom stereocenters. The van der Waals surface area contributed by atoms with Crippen LogP contribution in [0, 0.1) is 13.8 Å². The lowest BCUT2D eigenvalue weighted by atomic mass is 10.1. The normalized spacial score (nSPS) is 14.6. The van der Waals surface area contributed by atoms with Crippen molar-refractivity contribution in [3.8, 4) is 0 Å². The van der Waals surface area contributed by atoms with Gasteiger partial charge in [0.2, 0.25) is 15.8 Å². The molecule has 5 rings (SSSR count). The third-order valence-electron chi connectivity index (χ3n) is 7.39. The first-order valence-electron chi connectivity index (χ1n) is 13.9. The van der Waals surface area contributed by atoms with E-state index in [0.717, 1.165) is 11.1 Å². The van der Waals surface area contributed by atoms with Crippen LogP contribution in [0.15, 0.2) is 105 Å². The van der Waals surface area contributed by atoms with Crippen molar-refractivity contribution >= 4 is 56.7 Å². The van der Waals surface area contributed by atoms with E-state index in [4.69, 9.17) is 32.4 Å². The SMILES string of the molecule is COC(=O)C1=C(C)N(c2ccc(C)cc2)/C(=C/c2ccc(CN(Cc3ccc(Cl)cc3Cl)S(=O)(=O)c3ccc(C)cc3)o2)C1=O. The third kappa shape index (κ3) is 6.77. The van der Waals surface area contributed by atoms with Gasteiger partial charge in [-0.15, -0.1) is 0 Å². The number of nitrogens with zero attached hydrogens (tertiary/aromatic N) is 2. The molecule has 0 spiro atoms. The molecular weight excluding hydrogens is 635 g/mol. The van der Waals surface area contributed by atoms with Gasteiger partial charge in [-0.1, -0.05) is 64.7 Å². The smallest absolute Gasteiger partial charge is 0.343 e. The molecule has 0 saturated carbocycles. The molecule has 3 aromatic carbocycles. The maximum Gasteiger partial charge on any atom is 0.343 e. The van der Waals surface area contributed by atoms with Gasteiger partial charge in [-0.25, -0.2) is 13.2 Å². The number of ketones is 1. The van der Waals surface area contributed by atoms with Crippen molar-refractivity contribution in [1.29, 1.82) is 0 Å². The van der Waals surface area contributed by atoms with Crippen LogP contribution in [0.1, 0.15) is 35.1 Å². The number of allylic oxidation sites excluding steroid dienone is 2. The number of esters is 1. The van der Waals surface area contributed by atoms with Crippen LogP contribution in [0.3, 0.4) is 0 Å². The lowest BCUT2D eigenvalue weighted by Crippen LogP contribution is -2.30. The number of halogens is 2. The summed E-state index contributed by atoms with van der Waals surface area (Å²) in [5.41, 5.74) is 3.73. The first-order chi connectivity index (χ1) is 21.4. The maximum atomic E-state index is 13.8. The van der Waals surface area contributed by atoms with Crippen LogP contribution in [0.2, 0.25) is 10.0 Å². The number of benzene rings is 3. The van der Waals surface area contributed by atoms with Gasteiger partial charge in [-0.2, -0.15) is 4.31 Å². The molecule has 0 bridgehead atoms. The highest BCUT2D eigenvalue weighted by atomic mass is 35.5. The van der Waals surface area contributed by atoms with Crippen molar-refractivity contribution in [2.75, 3.05) is 12.0 Å². The Balaban J connectivity index is 1.51. The van der Waals surface area contributed by atoms with Gasteiger partial charge in [0.15, 0.2) is 0 Å². The third-order valence-corrected chi connectivity index (χ3v) is 9.79. The van der Waals surface area contributed by atoms with Crippen LogP contribution in [-0.4, -0.2) is 31.6 Å². The molecule has 0 aliphatic carbocycles. The summed E-state index contributed by atoms with van der Waals surface area (Å²) < 4.78 is 39.9. The summed E-state index contributed by atoms with van der Waals surface area (Å²) in [6.45, 7) is 5.33. The molecule has 1 aliphatic heterocycles. The Labute approximate surface area is 272 Å². The molecule has 0 amide bonds. The molecule has 4 aromatic rings. The van der Waals surface area contributed by atoms with Gasteiger partial charge in [0.25, 0.3) is 0 Å². The zero-order valence-electron chi connectivity index (χ0n) is 25.0. The van der Waals surface area contributed by atoms with Crippen molar-refractivity contribution in [3.63, 3.8) is 0 Å². The zero-order chi connectivity index (χ0) is 32.5. The largest absolute Gasteiger partial charge is 0.465 e. The van der Waals surface area contributed by atoms with Gasteiger partial charge >= 0.3 is 5.97 Å². The number of anilines is 1. The Bertz CT molecular complexity index is 1940. The van der Waals surface area contributed by atoms with Crippen molar-refractivity contribution < 1.29 is 27.2 Å². The molecule has 232 valence electrons. The van der Waals surface area contributed by atoms with E-state index >= 15 is 0 Å². The minimum Gasteiger partial charge on any atom is -0.465 e. The van der Waals surface area contributed by atoms with E-state index in [1.54, 1.807) is 66.4 Å². The molecule has 0 fully saturated rings. The standard InChI is InChI=1S/C34H30Cl2N2O6S/c1-21-5-11-26(12-6-21)38-23(3)32(34(40)43-4)33(39)31(38)18-27-13-14-28(44-27)20-37(19-24-9-10-25(35)17-30(24)36)45(41,42)29-15-7-22(2)8-16-29/h5-18H,19-20H2,1-4H3/b31-18+. The first kappa shape index (κ1) is 32.2. The molecule has 11 heteroatoms. The molecule has 0 radical (unpaired) electrons. The highest BCUT2D eigenvalue weighted by Crippen LogP contribution is 2.36. The predicted molar refractivity (Wildman–Crippen MR) is 174 cm³/mol. The number of rotatable bonds is 9. The highest BCUT2D eigenvalue weighted by Gasteiger charge is 2.38. The number of ether oxygens (including phenoxy) is 1.